The van der Waals surface area contributed by atoms with E-state index in [-0.39, 0.29) is 0 Å². The van der Waals surface area contributed by atoms with Crippen LogP contribution in [0.15, 0.2) is 53.0 Å². The predicted octanol–water partition coefficient (Wildman–Crippen LogP) is 3.70. The highest BCUT2D eigenvalue weighted by molar-refractivity contribution is 9.10. The van der Waals surface area contributed by atoms with Gasteiger partial charge in [-0.3, -0.25) is 0 Å². The quantitative estimate of drug-likeness (QED) is 0.702. The van der Waals surface area contributed by atoms with E-state index in [1.165, 1.54) is 37.1 Å². The first-order valence-electron chi connectivity index (χ1n) is 6.89. The van der Waals surface area contributed by atoms with Crippen LogP contribution in [0, 0.1) is 0 Å². The highest BCUT2D eigenvalue weighted by Gasteiger charge is 2.14. The SMILES string of the molecule is Brc1c(C2=c3ccccc3=CCC2)[nH]c2ccccc12. The molecule has 0 atom stereocenters. The third-order valence-corrected chi connectivity index (χ3v) is 4.81. The fraction of sp³-hybridized carbons (Fsp3) is 0.111. The molecule has 1 aromatic heterocycles. The van der Waals surface area contributed by atoms with Crippen molar-refractivity contribution in [3.05, 3.63) is 69.1 Å². The summed E-state index contributed by atoms with van der Waals surface area (Å²) >= 11 is 3.78. The van der Waals surface area contributed by atoms with Gasteiger partial charge >= 0.3 is 0 Å². The largest absolute Gasteiger partial charge is 0.354 e. The van der Waals surface area contributed by atoms with E-state index < -0.39 is 0 Å². The van der Waals surface area contributed by atoms with E-state index in [0.717, 1.165) is 12.8 Å². The Kier molecular flexibility index (Phi) is 2.78. The van der Waals surface area contributed by atoms with Crippen LogP contribution < -0.4 is 10.4 Å². The summed E-state index contributed by atoms with van der Waals surface area (Å²) in [4.78, 5) is 3.58. The van der Waals surface area contributed by atoms with Crippen LogP contribution >= 0.6 is 15.9 Å². The lowest BCUT2D eigenvalue weighted by Crippen LogP contribution is -2.29. The molecule has 0 spiro atoms. The van der Waals surface area contributed by atoms with Crippen molar-refractivity contribution in [2.24, 2.45) is 0 Å². The molecule has 0 saturated carbocycles. The minimum Gasteiger partial charge on any atom is -0.354 e. The zero-order valence-electron chi connectivity index (χ0n) is 11.0. The zero-order chi connectivity index (χ0) is 13.5. The minimum atomic E-state index is 1.09. The Labute approximate surface area is 125 Å². The lowest BCUT2D eigenvalue weighted by molar-refractivity contribution is 1.06. The minimum absolute atomic E-state index is 1.09. The van der Waals surface area contributed by atoms with Crippen molar-refractivity contribution in [2.75, 3.05) is 0 Å². The normalized spacial score (nSPS) is 14.2. The number of H-pyrrole nitrogens is 1. The van der Waals surface area contributed by atoms with Gasteiger partial charge in [0.25, 0.3) is 0 Å². The maximum absolute atomic E-state index is 3.78. The fourth-order valence-corrected chi connectivity index (χ4v) is 3.72. The molecule has 1 N–H and O–H groups in total. The Bertz CT molecular complexity index is 918. The average Bonchev–Trinajstić information content (AvgIpc) is 2.84. The monoisotopic (exact) mass is 323 g/mol. The summed E-state index contributed by atoms with van der Waals surface area (Å²) in [6.07, 6.45) is 4.52. The number of benzene rings is 2. The lowest BCUT2D eigenvalue weighted by Gasteiger charge is -2.10. The predicted molar refractivity (Wildman–Crippen MR) is 87.9 cm³/mol. The van der Waals surface area contributed by atoms with Crippen LogP contribution in [0.4, 0.5) is 0 Å². The highest BCUT2D eigenvalue weighted by atomic mass is 79.9. The summed E-state index contributed by atoms with van der Waals surface area (Å²) in [6.45, 7) is 0. The standard InChI is InChI=1S/C18H14BrN/c19-17-15-9-3-4-11-16(15)20-18(17)14-10-5-7-12-6-1-2-8-13(12)14/h1-4,6-9,11,20H,5,10H2. The van der Waals surface area contributed by atoms with E-state index in [9.17, 15) is 0 Å². The van der Waals surface area contributed by atoms with Crippen molar-refractivity contribution in [1.82, 2.24) is 4.98 Å². The first-order chi connectivity index (χ1) is 9.84. The van der Waals surface area contributed by atoms with Gasteiger partial charge in [0.2, 0.25) is 0 Å². The number of rotatable bonds is 1. The third-order valence-electron chi connectivity index (χ3n) is 3.99. The van der Waals surface area contributed by atoms with Crippen molar-refractivity contribution < 1.29 is 0 Å². The number of hydrogen-bond donors (Lipinski definition) is 1. The molecule has 2 heteroatoms. The molecule has 1 nitrogen and oxygen atoms in total. The number of aromatic nitrogens is 1. The molecule has 2 aromatic carbocycles. The van der Waals surface area contributed by atoms with Gasteiger partial charge in [0.05, 0.1) is 10.2 Å². The summed E-state index contributed by atoms with van der Waals surface area (Å²) in [5.74, 6) is 0. The molecule has 0 amide bonds. The Morgan fingerprint density at radius 1 is 0.950 bits per heavy atom. The molecule has 3 aromatic rings. The molecule has 0 bridgehead atoms. The van der Waals surface area contributed by atoms with E-state index >= 15 is 0 Å². The first-order valence-corrected chi connectivity index (χ1v) is 7.69. The van der Waals surface area contributed by atoms with Crippen LogP contribution in [0.3, 0.4) is 0 Å². The molecule has 0 unspecified atom stereocenters. The van der Waals surface area contributed by atoms with Crippen LogP contribution in [0.25, 0.3) is 22.6 Å². The van der Waals surface area contributed by atoms with E-state index in [1.54, 1.807) is 0 Å². The van der Waals surface area contributed by atoms with Gasteiger partial charge in [0.1, 0.15) is 0 Å². The second-order valence-corrected chi connectivity index (χ2v) is 5.96. The van der Waals surface area contributed by atoms with Gasteiger partial charge in [-0.15, -0.1) is 0 Å². The summed E-state index contributed by atoms with van der Waals surface area (Å²) in [5, 5.41) is 3.95. The molecule has 20 heavy (non-hydrogen) atoms. The van der Waals surface area contributed by atoms with Gasteiger partial charge in [0.15, 0.2) is 0 Å². The van der Waals surface area contributed by atoms with E-state index in [0.29, 0.717) is 0 Å². The Hall–Kier alpha value is -1.80. The Balaban J connectivity index is 2.10. The van der Waals surface area contributed by atoms with Crippen LogP contribution in [0.2, 0.25) is 0 Å². The number of hydrogen-bond acceptors (Lipinski definition) is 0. The van der Waals surface area contributed by atoms with Crippen LogP contribution in [-0.2, 0) is 0 Å². The maximum Gasteiger partial charge on any atom is 0.0574 e. The maximum atomic E-state index is 3.78. The molecule has 98 valence electrons. The summed E-state index contributed by atoms with van der Waals surface area (Å²) in [6, 6.07) is 17.1. The fourth-order valence-electron chi connectivity index (χ4n) is 3.03. The van der Waals surface area contributed by atoms with Crippen LogP contribution in [0.1, 0.15) is 18.5 Å². The summed E-state index contributed by atoms with van der Waals surface area (Å²) in [7, 11) is 0. The first kappa shape index (κ1) is 12.0. The Morgan fingerprint density at radius 2 is 1.75 bits per heavy atom. The van der Waals surface area contributed by atoms with E-state index in [4.69, 9.17) is 0 Å². The molecule has 0 radical (unpaired) electrons. The molecule has 4 rings (SSSR count). The number of halogens is 1. The number of nitrogens with one attached hydrogen (secondary N) is 1. The molecule has 0 fully saturated rings. The average molecular weight is 324 g/mol. The summed E-state index contributed by atoms with van der Waals surface area (Å²) < 4.78 is 1.18. The molecular weight excluding hydrogens is 310 g/mol. The van der Waals surface area contributed by atoms with Crippen molar-refractivity contribution >= 4 is 38.5 Å². The van der Waals surface area contributed by atoms with Crippen molar-refractivity contribution in [2.45, 2.75) is 12.8 Å². The van der Waals surface area contributed by atoms with Gasteiger partial charge in [-0.25, -0.2) is 0 Å². The van der Waals surface area contributed by atoms with Crippen molar-refractivity contribution in [3.8, 4) is 0 Å². The van der Waals surface area contributed by atoms with Crippen molar-refractivity contribution in [3.63, 3.8) is 0 Å². The second-order valence-electron chi connectivity index (χ2n) is 5.17. The molecule has 1 heterocycles. The molecule has 1 aliphatic rings. The van der Waals surface area contributed by atoms with Gasteiger partial charge in [-0.05, 0) is 50.8 Å². The van der Waals surface area contributed by atoms with Gasteiger partial charge in [-0.1, -0.05) is 48.5 Å². The number of fused-ring (bicyclic) bond motifs is 2. The molecule has 0 aliphatic heterocycles. The van der Waals surface area contributed by atoms with E-state index in [2.05, 4.69) is 75.5 Å². The zero-order valence-corrected chi connectivity index (χ0v) is 12.6. The number of para-hydroxylation sites is 1. The van der Waals surface area contributed by atoms with Crippen molar-refractivity contribution in [1.29, 1.82) is 0 Å². The molecule has 0 saturated heterocycles. The van der Waals surface area contributed by atoms with Crippen LogP contribution in [0.5, 0.6) is 0 Å². The lowest BCUT2D eigenvalue weighted by atomic mass is 9.97. The summed E-state index contributed by atoms with van der Waals surface area (Å²) in [5.41, 5.74) is 3.83. The second kappa shape index (κ2) is 4.64. The van der Waals surface area contributed by atoms with E-state index in [1.807, 2.05) is 0 Å². The molecular formula is C18H14BrN. The van der Waals surface area contributed by atoms with Crippen LogP contribution in [-0.4, -0.2) is 4.98 Å². The smallest absolute Gasteiger partial charge is 0.0574 e. The van der Waals surface area contributed by atoms with Gasteiger partial charge in [-0.2, -0.15) is 0 Å². The number of aromatic amines is 1. The highest BCUT2D eigenvalue weighted by Crippen LogP contribution is 2.32. The van der Waals surface area contributed by atoms with Gasteiger partial charge in [0, 0.05) is 10.9 Å². The topological polar surface area (TPSA) is 15.8 Å². The Morgan fingerprint density at radius 3 is 2.65 bits per heavy atom. The molecule has 1 aliphatic carbocycles. The third kappa shape index (κ3) is 1.75. The van der Waals surface area contributed by atoms with Gasteiger partial charge < -0.3 is 4.98 Å².